The van der Waals surface area contributed by atoms with E-state index in [2.05, 4.69) is 61.7 Å². The average Bonchev–Trinajstić information content (AvgIpc) is 3.05. The van der Waals surface area contributed by atoms with Crippen molar-refractivity contribution < 1.29 is 4.74 Å². The van der Waals surface area contributed by atoms with Gasteiger partial charge in [-0.2, -0.15) is 0 Å². The van der Waals surface area contributed by atoms with Crippen LogP contribution < -0.4 is 15.8 Å². The molecule has 1 aromatic heterocycles. The van der Waals surface area contributed by atoms with E-state index in [1.165, 1.54) is 6.42 Å². The van der Waals surface area contributed by atoms with Crippen LogP contribution in [0.3, 0.4) is 0 Å². The third-order valence-corrected chi connectivity index (χ3v) is 12.5. The fraction of sp³-hybridized carbons (Fsp3) is 0.605. The highest BCUT2D eigenvalue weighted by Gasteiger charge is 2.56. The first-order valence-electron chi connectivity index (χ1n) is 18.0. The van der Waals surface area contributed by atoms with Crippen molar-refractivity contribution in [3.8, 4) is 0 Å². The van der Waals surface area contributed by atoms with Crippen LogP contribution >= 0.6 is 23.2 Å². The molecule has 8 rings (SSSR count). The highest BCUT2D eigenvalue weighted by atomic mass is 35.5. The van der Waals surface area contributed by atoms with Crippen LogP contribution in [0.1, 0.15) is 53.0 Å². The Morgan fingerprint density at radius 2 is 1.76 bits per heavy atom. The molecule has 0 radical (unpaired) electrons. The number of morpholine rings is 1. The maximum Gasteiger partial charge on any atom is 0.262 e. The van der Waals surface area contributed by atoms with Gasteiger partial charge in [0.05, 0.1) is 29.2 Å². The number of aryl methyl sites for hydroxylation is 1. The lowest BCUT2D eigenvalue weighted by molar-refractivity contribution is -0.108. The summed E-state index contributed by atoms with van der Waals surface area (Å²) in [5.41, 5.74) is 2.88. The normalized spacial score (nSPS) is 28.9. The second-order valence-electron chi connectivity index (χ2n) is 15.6. The van der Waals surface area contributed by atoms with Crippen LogP contribution in [0.5, 0.6) is 0 Å². The molecule has 9 nitrogen and oxygen atoms in total. The van der Waals surface area contributed by atoms with E-state index in [-0.39, 0.29) is 23.8 Å². The maximum atomic E-state index is 14.2. The van der Waals surface area contributed by atoms with Gasteiger partial charge in [-0.15, -0.1) is 0 Å². The quantitative estimate of drug-likeness (QED) is 0.227. The number of nitrogens with zero attached hydrogens (tertiary/aromatic N) is 6. The van der Waals surface area contributed by atoms with E-state index in [0.29, 0.717) is 57.1 Å². The molecule has 5 aliphatic rings. The van der Waals surface area contributed by atoms with Crippen molar-refractivity contribution >= 4 is 51.7 Å². The van der Waals surface area contributed by atoms with Crippen molar-refractivity contribution in [3.63, 3.8) is 0 Å². The molecule has 6 atom stereocenters. The van der Waals surface area contributed by atoms with Gasteiger partial charge in [-0.05, 0) is 99.2 Å². The number of rotatable bonds is 6. The lowest BCUT2D eigenvalue weighted by atomic mass is 9.45. The lowest BCUT2D eigenvalue weighted by Gasteiger charge is -2.61. The number of aliphatic imine (C=N–C) groups is 1. The molecular formula is C38H51Cl2N7O2. The minimum Gasteiger partial charge on any atom is -0.372 e. The molecular weight excluding hydrogens is 657 g/mol. The van der Waals surface area contributed by atoms with Crippen molar-refractivity contribution in [3.05, 3.63) is 62.4 Å². The molecule has 5 fully saturated rings. The molecule has 2 saturated heterocycles. The average molecular weight is 709 g/mol. The summed E-state index contributed by atoms with van der Waals surface area (Å²) in [6.07, 6.45) is 3.26. The SMILES string of the molecule is C[C@@H]1[C@@H](/N=C(/Nc2ccc3c(=O)n(CCc4ccc(Cl)cc4Cl)c(N4CCN(C)CC4)nc3c2)N2C[C@@H](C)O[C@@H](C)C2)C[C@@H]2C[C@H]1C2(C)C. The predicted molar refractivity (Wildman–Crippen MR) is 201 cm³/mol. The zero-order chi connectivity index (χ0) is 34.6. The Labute approximate surface area is 300 Å². The summed E-state index contributed by atoms with van der Waals surface area (Å²) in [4.78, 5) is 31.8. The number of ether oxygens (including phenoxy) is 1. The number of piperazine rings is 1. The van der Waals surface area contributed by atoms with E-state index in [9.17, 15) is 4.79 Å². The number of halogens is 2. The molecule has 0 unspecified atom stereocenters. The predicted octanol–water partition coefficient (Wildman–Crippen LogP) is 6.65. The maximum absolute atomic E-state index is 14.2. The van der Waals surface area contributed by atoms with E-state index in [4.69, 9.17) is 37.9 Å². The number of hydrogen-bond acceptors (Lipinski definition) is 6. The van der Waals surface area contributed by atoms with Gasteiger partial charge in [0.15, 0.2) is 5.96 Å². The van der Waals surface area contributed by atoms with Gasteiger partial charge >= 0.3 is 0 Å². The zero-order valence-corrected chi connectivity index (χ0v) is 31.3. The van der Waals surface area contributed by atoms with Gasteiger partial charge in [0.25, 0.3) is 5.56 Å². The summed E-state index contributed by atoms with van der Waals surface area (Å²) in [7, 11) is 2.13. The van der Waals surface area contributed by atoms with Gasteiger partial charge in [-0.25, -0.2) is 9.98 Å². The first-order valence-corrected chi connectivity index (χ1v) is 18.8. The van der Waals surface area contributed by atoms with Crippen molar-refractivity contribution in [2.24, 2.45) is 28.2 Å². The summed E-state index contributed by atoms with van der Waals surface area (Å²) >= 11 is 12.7. The summed E-state index contributed by atoms with van der Waals surface area (Å²) in [6, 6.07) is 11.7. The Morgan fingerprint density at radius 1 is 1.02 bits per heavy atom. The summed E-state index contributed by atoms with van der Waals surface area (Å²) in [5, 5.41) is 5.53. The number of likely N-dealkylation sites (N-methyl/N-ethyl adjacent to an activating group) is 1. The smallest absolute Gasteiger partial charge is 0.262 e. The van der Waals surface area contributed by atoms with Crippen molar-refractivity contribution in [1.29, 1.82) is 0 Å². The molecule has 3 saturated carbocycles. The van der Waals surface area contributed by atoms with E-state index in [1.807, 2.05) is 34.9 Å². The zero-order valence-electron chi connectivity index (χ0n) is 29.8. The molecule has 2 aliphatic heterocycles. The van der Waals surface area contributed by atoms with Gasteiger partial charge in [-0.3, -0.25) is 9.36 Å². The van der Waals surface area contributed by atoms with Crippen LogP contribution in [0.4, 0.5) is 11.6 Å². The van der Waals surface area contributed by atoms with Crippen molar-refractivity contribution in [2.75, 3.05) is 56.5 Å². The van der Waals surface area contributed by atoms with Crippen LogP contribution in [0.2, 0.25) is 10.0 Å². The highest BCUT2D eigenvalue weighted by molar-refractivity contribution is 6.35. The number of fused-ring (bicyclic) bond motifs is 3. The molecule has 2 aromatic carbocycles. The fourth-order valence-electron chi connectivity index (χ4n) is 8.82. The largest absolute Gasteiger partial charge is 0.372 e. The van der Waals surface area contributed by atoms with Gasteiger partial charge in [0.2, 0.25) is 5.95 Å². The molecule has 3 aromatic rings. The molecule has 0 spiro atoms. The molecule has 11 heteroatoms. The molecule has 49 heavy (non-hydrogen) atoms. The van der Waals surface area contributed by atoms with Gasteiger partial charge in [-0.1, -0.05) is 50.0 Å². The Hall–Kier alpha value is -2.85. The lowest BCUT2D eigenvalue weighted by Crippen LogP contribution is -2.57. The van der Waals surface area contributed by atoms with Gasteiger partial charge in [0.1, 0.15) is 0 Å². The topological polar surface area (TPSA) is 78.2 Å². The molecule has 1 N–H and O–H groups in total. The van der Waals surface area contributed by atoms with E-state index in [1.54, 1.807) is 6.07 Å². The summed E-state index contributed by atoms with van der Waals surface area (Å²) < 4.78 is 7.93. The van der Waals surface area contributed by atoms with Crippen molar-refractivity contribution in [2.45, 2.75) is 78.7 Å². The second-order valence-corrected chi connectivity index (χ2v) is 16.5. The molecule has 3 aliphatic carbocycles. The molecule has 264 valence electrons. The number of benzene rings is 2. The number of aromatic nitrogens is 2. The van der Waals surface area contributed by atoms with Crippen LogP contribution in [-0.2, 0) is 17.7 Å². The minimum absolute atomic E-state index is 0.0434. The minimum atomic E-state index is -0.0434. The first-order chi connectivity index (χ1) is 23.4. The molecule has 3 heterocycles. The number of guanidine groups is 1. The summed E-state index contributed by atoms with van der Waals surface area (Å²) in [6.45, 7) is 17.0. The Kier molecular flexibility index (Phi) is 9.67. The highest BCUT2D eigenvalue weighted by Crippen LogP contribution is 2.61. The second kappa shape index (κ2) is 13.7. The van der Waals surface area contributed by atoms with Crippen molar-refractivity contribution in [1.82, 2.24) is 19.4 Å². The van der Waals surface area contributed by atoms with E-state index < -0.39 is 0 Å². The molecule has 0 amide bonds. The third-order valence-electron chi connectivity index (χ3n) is 11.9. The molecule has 2 bridgehead atoms. The van der Waals surface area contributed by atoms with Gasteiger partial charge < -0.3 is 24.8 Å². The number of hydrogen-bond donors (Lipinski definition) is 1. The Bertz CT molecular complexity index is 1780. The fourth-order valence-corrected chi connectivity index (χ4v) is 9.32. The Balaban J connectivity index is 1.22. The Morgan fingerprint density at radius 3 is 2.43 bits per heavy atom. The third kappa shape index (κ3) is 6.93. The van der Waals surface area contributed by atoms with E-state index >= 15 is 0 Å². The monoisotopic (exact) mass is 707 g/mol. The standard InChI is InChI=1S/C38H51Cl2N7O2/c1-23-21-46(22-24(2)49-23)36(42-33-18-27-17-31(25(33)3)38(27,4)5)41-29-9-10-30-34(20-29)43-37(45-15-13-44(6)14-16-45)47(35(30)48)12-11-26-7-8-28(39)19-32(26)40/h7-10,19-20,23-25,27,31,33H,11-18,21-22H2,1-6H3,(H,41,42)/t23-,24+,25-,27-,31+,33-/m0/s1. The number of anilines is 2. The van der Waals surface area contributed by atoms with Crippen LogP contribution in [-0.4, -0.2) is 89.9 Å². The first kappa shape index (κ1) is 34.6. The van der Waals surface area contributed by atoms with Gasteiger partial charge in [0, 0.05) is 61.5 Å². The summed E-state index contributed by atoms with van der Waals surface area (Å²) in [5.74, 6) is 3.56. The van der Waals surface area contributed by atoms with Crippen LogP contribution in [0.15, 0.2) is 46.2 Å². The number of nitrogens with one attached hydrogen (secondary N) is 1. The van der Waals surface area contributed by atoms with Crippen LogP contribution in [0, 0.1) is 23.2 Å². The van der Waals surface area contributed by atoms with Crippen LogP contribution in [0.25, 0.3) is 10.9 Å². The van der Waals surface area contributed by atoms with E-state index in [0.717, 1.165) is 68.8 Å².